The summed E-state index contributed by atoms with van der Waals surface area (Å²) in [6, 6.07) is 0.0238. The number of rotatable bonds is 5. The van der Waals surface area contributed by atoms with Gasteiger partial charge in [-0.15, -0.1) is 0 Å². The van der Waals surface area contributed by atoms with E-state index >= 15 is 0 Å². The molecule has 0 radical (unpaired) electrons. The molecule has 0 heterocycles. The molecule has 0 amide bonds. The molecule has 2 aliphatic carbocycles. The van der Waals surface area contributed by atoms with Crippen LogP contribution in [0.25, 0.3) is 0 Å². The van der Waals surface area contributed by atoms with E-state index in [9.17, 15) is 9.90 Å². The lowest BCUT2D eigenvalue weighted by molar-refractivity contribution is -0.182. The van der Waals surface area contributed by atoms with Crippen LogP contribution in [0.5, 0.6) is 0 Å². The highest BCUT2D eigenvalue weighted by molar-refractivity contribution is 5.83. The van der Waals surface area contributed by atoms with Crippen molar-refractivity contribution in [2.24, 2.45) is 11.3 Å². The van der Waals surface area contributed by atoms with E-state index in [0.29, 0.717) is 31.6 Å². The van der Waals surface area contributed by atoms with Gasteiger partial charge in [0.05, 0.1) is 12.7 Å². The van der Waals surface area contributed by atoms with Crippen LogP contribution >= 0.6 is 0 Å². The van der Waals surface area contributed by atoms with Crippen molar-refractivity contribution in [2.45, 2.75) is 58.1 Å². The zero-order chi connectivity index (χ0) is 19.4. The van der Waals surface area contributed by atoms with E-state index in [2.05, 4.69) is 18.3 Å². The minimum atomic E-state index is -0.626. The zero-order valence-electron chi connectivity index (χ0n) is 16.7. The number of fused-ring (bicyclic) bond motifs is 1. The highest BCUT2D eigenvalue weighted by Crippen LogP contribution is 2.55. The van der Waals surface area contributed by atoms with Gasteiger partial charge in [-0.25, -0.2) is 0 Å². The number of likely N-dealkylation sites (N-methyl/N-ethyl adjacent to an activating group) is 1. The summed E-state index contributed by atoms with van der Waals surface area (Å²) < 4.78 is 11.8. The number of ether oxygens (including phenoxy) is 2. The summed E-state index contributed by atoms with van der Waals surface area (Å²) in [4.78, 5) is 12.7. The van der Waals surface area contributed by atoms with Gasteiger partial charge in [0, 0.05) is 30.4 Å². The first kappa shape index (κ1) is 20.7. The minimum Gasteiger partial charge on any atom is -0.504 e. The summed E-state index contributed by atoms with van der Waals surface area (Å²) in [6.07, 6.45) is 10.1. The summed E-state index contributed by atoms with van der Waals surface area (Å²) in [5, 5.41) is 14.2. The van der Waals surface area contributed by atoms with E-state index in [1.165, 1.54) is 7.11 Å². The SMILES string of the molecule is CCOC12CCC(=O)C(C)C1(CC)/C=C(O)/C(OC)=C\C=C\CC2NC. The van der Waals surface area contributed by atoms with Crippen LogP contribution in [-0.2, 0) is 14.3 Å². The summed E-state index contributed by atoms with van der Waals surface area (Å²) in [5.74, 6) is 0.415. The van der Waals surface area contributed by atoms with E-state index in [1.54, 1.807) is 6.08 Å². The Kier molecular flexibility index (Phi) is 6.69. The van der Waals surface area contributed by atoms with Crippen molar-refractivity contribution in [1.82, 2.24) is 5.32 Å². The maximum Gasteiger partial charge on any atom is 0.160 e. The van der Waals surface area contributed by atoms with Crippen molar-refractivity contribution >= 4 is 5.78 Å². The third-order valence-electron chi connectivity index (χ3n) is 6.31. The molecule has 26 heavy (non-hydrogen) atoms. The minimum absolute atomic E-state index is 0.0238. The fraction of sp³-hybridized carbons (Fsp3) is 0.667. The Hall–Kier alpha value is -1.59. The molecule has 0 aromatic carbocycles. The summed E-state index contributed by atoms with van der Waals surface area (Å²) in [6.45, 7) is 6.57. The van der Waals surface area contributed by atoms with Crippen molar-refractivity contribution in [3.8, 4) is 0 Å². The normalized spacial score (nSPS) is 40.6. The molecule has 146 valence electrons. The van der Waals surface area contributed by atoms with Crippen LogP contribution in [0.3, 0.4) is 0 Å². The van der Waals surface area contributed by atoms with Crippen molar-refractivity contribution < 1.29 is 19.4 Å². The van der Waals surface area contributed by atoms with Gasteiger partial charge >= 0.3 is 0 Å². The molecule has 5 nitrogen and oxygen atoms in total. The van der Waals surface area contributed by atoms with Crippen molar-refractivity contribution in [3.05, 3.63) is 35.8 Å². The number of hydrogen-bond acceptors (Lipinski definition) is 5. The topological polar surface area (TPSA) is 67.8 Å². The zero-order valence-corrected chi connectivity index (χ0v) is 16.7. The lowest BCUT2D eigenvalue weighted by atomic mass is 9.53. The third-order valence-corrected chi connectivity index (χ3v) is 6.31. The van der Waals surface area contributed by atoms with Crippen molar-refractivity contribution in [2.75, 3.05) is 20.8 Å². The number of allylic oxidation sites excluding steroid dienone is 2. The fourth-order valence-electron chi connectivity index (χ4n) is 4.91. The smallest absolute Gasteiger partial charge is 0.160 e. The number of aliphatic hydroxyl groups is 1. The predicted molar refractivity (Wildman–Crippen MR) is 103 cm³/mol. The number of carbonyl (C=O) groups is 1. The van der Waals surface area contributed by atoms with E-state index < -0.39 is 11.0 Å². The van der Waals surface area contributed by atoms with Gasteiger partial charge in [0.1, 0.15) is 5.78 Å². The molecular formula is C21H33NO4. The van der Waals surface area contributed by atoms with E-state index in [-0.39, 0.29) is 23.5 Å². The predicted octanol–water partition coefficient (Wildman–Crippen LogP) is 3.68. The Balaban J connectivity index is 2.79. The second-order valence-corrected chi connectivity index (χ2v) is 7.17. The van der Waals surface area contributed by atoms with Crippen LogP contribution in [0.1, 0.15) is 46.5 Å². The van der Waals surface area contributed by atoms with Gasteiger partial charge in [-0.2, -0.15) is 0 Å². The van der Waals surface area contributed by atoms with Crippen LogP contribution in [0.2, 0.25) is 0 Å². The number of nitrogens with one attached hydrogen (secondary N) is 1. The number of Topliss-reactive ketones (excluding diaryl/α,β-unsaturated/α-hetero) is 1. The summed E-state index contributed by atoms with van der Waals surface area (Å²) in [7, 11) is 3.47. The molecule has 0 aromatic heterocycles. The number of carbonyl (C=O) groups excluding carboxylic acids is 1. The largest absolute Gasteiger partial charge is 0.504 e. The van der Waals surface area contributed by atoms with Crippen LogP contribution in [-0.4, -0.2) is 43.3 Å². The molecule has 0 aromatic rings. The van der Waals surface area contributed by atoms with Gasteiger partial charge in [0.25, 0.3) is 0 Å². The number of ketones is 1. The highest BCUT2D eigenvalue weighted by Gasteiger charge is 2.60. The van der Waals surface area contributed by atoms with Crippen LogP contribution < -0.4 is 5.32 Å². The maximum absolute atomic E-state index is 12.7. The van der Waals surface area contributed by atoms with Crippen molar-refractivity contribution in [1.29, 1.82) is 0 Å². The van der Waals surface area contributed by atoms with Crippen LogP contribution in [0, 0.1) is 11.3 Å². The van der Waals surface area contributed by atoms with Gasteiger partial charge < -0.3 is 19.9 Å². The molecule has 1 saturated carbocycles. The lowest BCUT2D eigenvalue weighted by Gasteiger charge is -2.57. The average molecular weight is 363 g/mol. The van der Waals surface area contributed by atoms with E-state index in [1.807, 2.05) is 33.0 Å². The number of aliphatic hydroxyl groups excluding tert-OH is 1. The Labute approximate surface area is 157 Å². The molecule has 5 heteroatoms. The molecule has 4 atom stereocenters. The maximum atomic E-state index is 12.7. The fourth-order valence-corrected chi connectivity index (χ4v) is 4.91. The monoisotopic (exact) mass is 363 g/mol. The molecule has 2 rings (SSSR count). The molecule has 4 unspecified atom stereocenters. The van der Waals surface area contributed by atoms with E-state index in [0.717, 1.165) is 6.42 Å². The molecule has 0 bridgehead atoms. The molecule has 2 aliphatic rings. The number of hydrogen-bond donors (Lipinski definition) is 2. The Morgan fingerprint density at radius 3 is 2.69 bits per heavy atom. The van der Waals surface area contributed by atoms with E-state index in [4.69, 9.17) is 9.47 Å². The summed E-state index contributed by atoms with van der Waals surface area (Å²) in [5.41, 5.74) is -1.22. The lowest BCUT2D eigenvalue weighted by Crippen LogP contribution is -2.66. The summed E-state index contributed by atoms with van der Waals surface area (Å²) >= 11 is 0. The molecule has 0 saturated heterocycles. The first-order chi connectivity index (χ1) is 12.4. The Morgan fingerprint density at radius 1 is 1.38 bits per heavy atom. The van der Waals surface area contributed by atoms with Gasteiger partial charge in [0.2, 0.25) is 0 Å². The number of methoxy groups -OCH3 is 1. The first-order valence-corrected chi connectivity index (χ1v) is 9.59. The first-order valence-electron chi connectivity index (χ1n) is 9.59. The molecule has 0 aliphatic heterocycles. The standard InChI is InChI=1S/C21H33NO4/c1-6-20-14-17(24)18(25-5)10-8-9-11-19(22-4)21(20,26-7-2)13-12-16(23)15(20)3/h8-10,14-15,19,22,24H,6-7,11-13H2,1-5H3/b9-8+,17-14-,18-10+. The third kappa shape index (κ3) is 3.23. The molecular weight excluding hydrogens is 330 g/mol. The Bertz CT molecular complexity index is 609. The molecule has 1 fully saturated rings. The van der Waals surface area contributed by atoms with Gasteiger partial charge in [-0.1, -0.05) is 26.0 Å². The van der Waals surface area contributed by atoms with Crippen LogP contribution in [0.15, 0.2) is 35.8 Å². The molecule has 0 spiro atoms. The second kappa shape index (κ2) is 8.40. The molecule has 2 N–H and O–H groups in total. The van der Waals surface area contributed by atoms with Gasteiger partial charge in [0.15, 0.2) is 11.5 Å². The Morgan fingerprint density at radius 2 is 2.12 bits per heavy atom. The average Bonchev–Trinajstić information content (AvgIpc) is 2.64. The van der Waals surface area contributed by atoms with Crippen molar-refractivity contribution in [3.63, 3.8) is 0 Å². The quantitative estimate of drug-likeness (QED) is 0.780. The van der Waals surface area contributed by atoms with Gasteiger partial charge in [-0.3, -0.25) is 4.79 Å². The van der Waals surface area contributed by atoms with Gasteiger partial charge in [-0.05, 0) is 45.4 Å². The highest BCUT2D eigenvalue weighted by atomic mass is 16.5. The second-order valence-electron chi connectivity index (χ2n) is 7.17. The van der Waals surface area contributed by atoms with Crippen LogP contribution in [0.4, 0.5) is 0 Å².